The van der Waals surface area contributed by atoms with E-state index in [1.165, 1.54) is 16.7 Å². The molecule has 2 aromatic rings. The molecule has 0 saturated carbocycles. The molecule has 1 atom stereocenters. The maximum absolute atomic E-state index is 3.54. The van der Waals surface area contributed by atoms with Crippen molar-refractivity contribution in [2.24, 2.45) is 0 Å². The lowest BCUT2D eigenvalue weighted by molar-refractivity contribution is 0.293. The smallest absolute Gasteiger partial charge is 0.0231 e. The van der Waals surface area contributed by atoms with Gasteiger partial charge in [0.05, 0.1) is 0 Å². The van der Waals surface area contributed by atoms with Crippen molar-refractivity contribution in [3.63, 3.8) is 0 Å². The minimum Gasteiger partial charge on any atom is -0.312 e. The summed E-state index contributed by atoms with van der Waals surface area (Å²) in [5.74, 6) is 0.576. The molecule has 1 N–H and O–H groups in total. The number of benzene rings is 2. The van der Waals surface area contributed by atoms with E-state index in [0.717, 1.165) is 30.7 Å². The molecule has 0 radical (unpaired) electrons. The van der Waals surface area contributed by atoms with E-state index in [0.29, 0.717) is 5.92 Å². The van der Waals surface area contributed by atoms with Crippen LogP contribution in [0.5, 0.6) is 0 Å². The van der Waals surface area contributed by atoms with Gasteiger partial charge in [-0.1, -0.05) is 52.3 Å². The maximum atomic E-state index is 3.54. The third-order valence-corrected chi connectivity index (χ3v) is 4.57. The summed E-state index contributed by atoms with van der Waals surface area (Å²) < 4.78 is 1.15. The van der Waals surface area contributed by atoms with Crippen LogP contribution in [-0.2, 0) is 13.1 Å². The van der Waals surface area contributed by atoms with Crippen LogP contribution in [-0.4, -0.2) is 25.0 Å². The van der Waals surface area contributed by atoms with E-state index in [2.05, 4.69) is 81.7 Å². The van der Waals surface area contributed by atoms with Crippen molar-refractivity contribution < 1.29 is 0 Å². The standard InChI is InChI=1S/C18H21BrN2/c1-21(12-14-5-4-7-17(19)9-14)13-16-11-20-10-15-6-2-3-8-18(15)16/h2-9,16,20H,10-13H2,1H3. The highest BCUT2D eigenvalue weighted by atomic mass is 79.9. The molecular weight excluding hydrogens is 324 g/mol. The van der Waals surface area contributed by atoms with Crippen molar-refractivity contribution in [3.8, 4) is 0 Å². The Morgan fingerprint density at radius 1 is 1.19 bits per heavy atom. The van der Waals surface area contributed by atoms with Gasteiger partial charge in [0, 0.05) is 36.6 Å². The molecule has 0 saturated heterocycles. The Balaban J connectivity index is 1.67. The first kappa shape index (κ1) is 14.8. The van der Waals surface area contributed by atoms with E-state index in [-0.39, 0.29) is 0 Å². The van der Waals surface area contributed by atoms with Gasteiger partial charge in [0.1, 0.15) is 0 Å². The molecule has 1 unspecified atom stereocenters. The first-order valence-electron chi connectivity index (χ1n) is 7.44. The van der Waals surface area contributed by atoms with Gasteiger partial charge in [-0.2, -0.15) is 0 Å². The zero-order valence-corrected chi connectivity index (χ0v) is 13.9. The third-order valence-electron chi connectivity index (χ3n) is 4.07. The normalized spacial score (nSPS) is 17.8. The van der Waals surface area contributed by atoms with Gasteiger partial charge in [-0.25, -0.2) is 0 Å². The van der Waals surface area contributed by atoms with Crippen LogP contribution in [0.1, 0.15) is 22.6 Å². The highest BCUT2D eigenvalue weighted by Gasteiger charge is 2.20. The summed E-state index contributed by atoms with van der Waals surface area (Å²) >= 11 is 3.54. The van der Waals surface area contributed by atoms with E-state index in [4.69, 9.17) is 0 Å². The second-order valence-corrected chi connectivity index (χ2v) is 6.77. The Morgan fingerprint density at radius 2 is 2.05 bits per heavy atom. The van der Waals surface area contributed by atoms with Crippen molar-refractivity contribution >= 4 is 15.9 Å². The number of nitrogens with zero attached hydrogens (tertiary/aromatic N) is 1. The lowest BCUT2D eigenvalue weighted by atomic mass is 9.90. The third kappa shape index (κ3) is 3.73. The van der Waals surface area contributed by atoms with E-state index >= 15 is 0 Å². The van der Waals surface area contributed by atoms with E-state index in [1.54, 1.807) is 0 Å². The predicted octanol–water partition coefficient (Wildman–Crippen LogP) is 3.77. The summed E-state index contributed by atoms with van der Waals surface area (Å²) in [6.07, 6.45) is 0. The first-order chi connectivity index (χ1) is 10.2. The van der Waals surface area contributed by atoms with Gasteiger partial charge in [-0.15, -0.1) is 0 Å². The fraction of sp³-hybridized carbons (Fsp3) is 0.333. The maximum Gasteiger partial charge on any atom is 0.0231 e. The number of hydrogen-bond acceptors (Lipinski definition) is 2. The highest BCUT2D eigenvalue weighted by molar-refractivity contribution is 9.10. The zero-order chi connectivity index (χ0) is 14.7. The summed E-state index contributed by atoms with van der Waals surface area (Å²) in [6.45, 7) is 4.14. The quantitative estimate of drug-likeness (QED) is 0.908. The Hall–Kier alpha value is -1.16. The van der Waals surface area contributed by atoms with Gasteiger partial charge in [-0.3, -0.25) is 0 Å². The molecule has 0 aromatic heterocycles. The second kappa shape index (κ2) is 6.73. The molecule has 1 aliphatic heterocycles. The van der Waals surface area contributed by atoms with Crippen LogP contribution in [0.2, 0.25) is 0 Å². The average Bonchev–Trinajstić information content (AvgIpc) is 2.47. The van der Waals surface area contributed by atoms with Gasteiger partial charge in [0.25, 0.3) is 0 Å². The van der Waals surface area contributed by atoms with Crippen molar-refractivity contribution in [2.45, 2.75) is 19.0 Å². The molecular formula is C18H21BrN2. The molecule has 0 bridgehead atoms. The highest BCUT2D eigenvalue weighted by Crippen LogP contribution is 2.25. The molecule has 0 spiro atoms. The summed E-state index contributed by atoms with van der Waals surface area (Å²) in [4.78, 5) is 2.41. The Kier molecular flexibility index (Phi) is 4.73. The Labute approximate surface area is 135 Å². The summed E-state index contributed by atoms with van der Waals surface area (Å²) in [7, 11) is 2.21. The monoisotopic (exact) mass is 344 g/mol. The lowest BCUT2D eigenvalue weighted by Crippen LogP contribution is -2.35. The van der Waals surface area contributed by atoms with Crippen LogP contribution in [0, 0.1) is 0 Å². The summed E-state index contributed by atoms with van der Waals surface area (Å²) in [5.41, 5.74) is 4.31. The fourth-order valence-corrected chi connectivity index (χ4v) is 3.58. The van der Waals surface area contributed by atoms with Gasteiger partial charge in [0.2, 0.25) is 0 Å². The molecule has 21 heavy (non-hydrogen) atoms. The molecule has 1 aliphatic rings. The van der Waals surface area contributed by atoms with Crippen LogP contribution < -0.4 is 5.32 Å². The zero-order valence-electron chi connectivity index (χ0n) is 12.3. The fourth-order valence-electron chi connectivity index (χ4n) is 3.14. The van der Waals surface area contributed by atoms with Gasteiger partial charge in [-0.05, 0) is 35.9 Å². The molecule has 1 heterocycles. The SMILES string of the molecule is CN(Cc1cccc(Br)c1)CC1CNCc2ccccc21. The second-order valence-electron chi connectivity index (χ2n) is 5.85. The van der Waals surface area contributed by atoms with Gasteiger partial charge >= 0.3 is 0 Å². The van der Waals surface area contributed by atoms with Gasteiger partial charge in [0.15, 0.2) is 0 Å². The van der Waals surface area contributed by atoms with E-state index in [1.807, 2.05) is 0 Å². The number of halogens is 1. The van der Waals surface area contributed by atoms with Crippen molar-refractivity contribution in [2.75, 3.05) is 20.1 Å². The van der Waals surface area contributed by atoms with Gasteiger partial charge < -0.3 is 10.2 Å². The van der Waals surface area contributed by atoms with Crippen molar-refractivity contribution in [3.05, 3.63) is 69.7 Å². The molecule has 3 heteroatoms. The summed E-state index contributed by atoms with van der Waals surface area (Å²) in [6, 6.07) is 17.4. The first-order valence-corrected chi connectivity index (χ1v) is 8.23. The predicted molar refractivity (Wildman–Crippen MR) is 91.4 cm³/mol. The Bertz CT molecular complexity index is 612. The molecule has 2 nitrogen and oxygen atoms in total. The minimum atomic E-state index is 0.576. The lowest BCUT2D eigenvalue weighted by Gasteiger charge is -2.30. The molecule has 3 rings (SSSR count). The van der Waals surface area contributed by atoms with Crippen LogP contribution in [0.3, 0.4) is 0 Å². The molecule has 0 fully saturated rings. The van der Waals surface area contributed by atoms with Crippen LogP contribution >= 0.6 is 15.9 Å². The molecule has 0 amide bonds. The van der Waals surface area contributed by atoms with Crippen LogP contribution in [0.25, 0.3) is 0 Å². The molecule has 0 aliphatic carbocycles. The molecule has 110 valence electrons. The number of hydrogen-bond donors (Lipinski definition) is 1. The number of rotatable bonds is 4. The number of likely N-dealkylation sites (N-methyl/N-ethyl adjacent to an activating group) is 1. The average molecular weight is 345 g/mol. The van der Waals surface area contributed by atoms with Crippen molar-refractivity contribution in [1.82, 2.24) is 10.2 Å². The van der Waals surface area contributed by atoms with E-state index in [9.17, 15) is 0 Å². The number of fused-ring (bicyclic) bond motifs is 1. The largest absolute Gasteiger partial charge is 0.312 e. The topological polar surface area (TPSA) is 15.3 Å². The minimum absolute atomic E-state index is 0.576. The van der Waals surface area contributed by atoms with Crippen LogP contribution in [0.4, 0.5) is 0 Å². The summed E-state index contributed by atoms with van der Waals surface area (Å²) in [5, 5.41) is 3.54. The van der Waals surface area contributed by atoms with Crippen LogP contribution in [0.15, 0.2) is 53.0 Å². The van der Waals surface area contributed by atoms with Crippen molar-refractivity contribution in [1.29, 1.82) is 0 Å². The molecule has 2 aromatic carbocycles. The number of nitrogens with one attached hydrogen (secondary N) is 1. The van der Waals surface area contributed by atoms with E-state index < -0.39 is 0 Å². The Morgan fingerprint density at radius 3 is 2.90 bits per heavy atom.